The Morgan fingerprint density at radius 1 is 0.621 bits per heavy atom. The topological polar surface area (TPSA) is 224 Å². The normalized spacial score (nSPS) is 11.2. The molecule has 0 saturated heterocycles. The van der Waals surface area contributed by atoms with Crippen molar-refractivity contribution in [3.63, 3.8) is 0 Å². The molecule has 11 aromatic rings. The Morgan fingerprint density at radius 3 is 1.54 bits per heavy atom. The van der Waals surface area contributed by atoms with E-state index in [1.807, 2.05) is 30.3 Å². The van der Waals surface area contributed by atoms with Gasteiger partial charge in [-0.05, 0) is 108 Å². The van der Waals surface area contributed by atoms with E-state index >= 15 is 0 Å². The first-order chi connectivity index (χ1) is 41.4. The van der Waals surface area contributed by atoms with Crippen molar-refractivity contribution in [2.75, 3.05) is 55.0 Å². The van der Waals surface area contributed by atoms with Gasteiger partial charge in [0.15, 0.2) is 11.4 Å². The number of nitrogen functional groups attached to an aromatic ring is 1. The number of halogens is 2. The van der Waals surface area contributed by atoms with Gasteiger partial charge in [0, 0.05) is 99.8 Å². The fourth-order valence-electron chi connectivity index (χ4n) is 9.22. The van der Waals surface area contributed by atoms with Crippen LogP contribution in [-0.2, 0) is 20.0 Å². The lowest BCUT2D eigenvalue weighted by Crippen LogP contribution is -2.25. The molecule has 0 bridgehead atoms. The van der Waals surface area contributed by atoms with Crippen LogP contribution in [0.4, 0.5) is 37.2 Å². The number of carbonyl (C=O) groups excluding carboxylic acids is 3. The Kier molecular flexibility index (Phi) is 17.8. The number of aromatic nitrogens is 1. The summed E-state index contributed by atoms with van der Waals surface area (Å²) in [5.41, 5.74) is 14.2. The van der Waals surface area contributed by atoms with Gasteiger partial charge < -0.3 is 25.2 Å². The van der Waals surface area contributed by atoms with Crippen LogP contribution in [0.15, 0.2) is 171 Å². The molecule has 438 valence electrons. The molecule has 0 radical (unpaired) electrons. The van der Waals surface area contributed by atoms with Gasteiger partial charge >= 0.3 is 0 Å². The summed E-state index contributed by atoms with van der Waals surface area (Å²) in [5.74, 6) is -1.23. The van der Waals surface area contributed by atoms with Crippen molar-refractivity contribution in [2.45, 2.75) is 4.90 Å². The van der Waals surface area contributed by atoms with Crippen molar-refractivity contribution < 1.29 is 48.8 Å². The smallest absolute Gasteiger partial charge is 0.255 e. The highest BCUT2D eigenvalue weighted by molar-refractivity contribution is 7.92. The van der Waals surface area contributed by atoms with E-state index in [1.165, 1.54) is 88.1 Å². The first kappa shape index (κ1) is 61.4. The minimum Gasteiger partial charge on any atom is -0.455 e. The first-order valence-electron chi connectivity index (χ1n) is 25.9. The Morgan fingerprint density at radius 2 is 1.08 bits per heavy atom. The number of furan rings is 2. The van der Waals surface area contributed by atoms with Crippen LogP contribution < -0.4 is 25.0 Å². The summed E-state index contributed by atoms with van der Waals surface area (Å²) in [5, 5.41) is 6.89. The van der Waals surface area contributed by atoms with Gasteiger partial charge in [0.05, 0.1) is 53.7 Å². The monoisotopic (exact) mass is 1240 g/mol. The number of rotatable bonds is 12. The van der Waals surface area contributed by atoms with Crippen LogP contribution >= 0.6 is 24.0 Å². The predicted molar refractivity (Wildman–Crippen MR) is 342 cm³/mol. The van der Waals surface area contributed by atoms with Crippen molar-refractivity contribution in [3.05, 3.63) is 209 Å². The lowest BCUT2D eigenvalue weighted by Gasteiger charge is -2.21. The molecule has 11 rings (SSSR count). The number of hydrogen-bond acceptors (Lipinski definition) is 13. The number of sulfonamides is 2. The minimum absolute atomic E-state index is 0.223. The second-order valence-electron chi connectivity index (χ2n) is 19.4. The predicted octanol–water partition coefficient (Wildman–Crippen LogP) is 14.1. The molecule has 0 saturated carbocycles. The lowest BCUT2D eigenvalue weighted by atomic mass is 9.97. The van der Waals surface area contributed by atoms with Gasteiger partial charge in [0.25, 0.3) is 11.8 Å². The van der Waals surface area contributed by atoms with Crippen molar-refractivity contribution in [1.82, 2.24) is 15.6 Å². The number of amides is 2. The zero-order valence-electron chi connectivity index (χ0n) is 47.0. The van der Waals surface area contributed by atoms with Crippen LogP contribution in [0.1, 0.15) is 31.1 Å². The molecule has 0 aliphatic heterocycles. The number of fused-ring (bicyclic) bond motifs is 3. The molecule has 0 unspecified atom stereocenters. The highest BCUT2D eigenvalue weighted by Gasteiger charge is 2.28. The molecule has 0 spiro atoms. The largest absolute Gasteiger partial charge is 0.455 e. The number of hydrogen-bond donors (Lipinski definition) is 4. The number of thiol groups is 1. The highest BCUT2D eigenvalue weighted by Crippen LogP contribution is 2.44. The van der Waals surface area contributed by atoms with Crippen LogP contribution in [0, 0.1) is 24.8 Å². The number of nitrogens with two attached hydrogens (primary N) is 1. The quantitative estimate of drug-likeness (QED) is 0.0390. The van der Waals surface area contributed by atoms with E-state index in [4.69, 9.17) is 32.7 Å². The number of anilines is 3. The fourth-order valence-corrected chi connectivity index (χ4v) is 11.4. The van der Waals surface area contributed by atoms with Crippen LogP contribution in [0.2, 0.25) is 0 Å². The summed E-state index contributed by atoms with van der Waals surface area (Å²) in [6.45, 7) is 14.0. The Labute approximate surface area is 508 Å². The average molecular weight is 1240 g/mol. The van der Waals surface area contributed by atoms with Crippen molar-refractivity contribution in [3.8, 4) is 55.5 Å². The third-order valence-electron chi connectivity index (χ3n) is 13.8. The average Bonchev–Trinajstić information content (AvgIpc) is 1.72. The summed E-state index contributed by atoms with van der Waals surface area (Å²) in [4.78, 5) is 49.5. The number of carbonyl (C=O) groups is 3. The maximum atomic E-state index is 13.7. The Bertz CT molecular complexity index is 4860. The van der Waals surface area contributed by atoms with E-state index in [9.17, 15) is 40.0 Å². The van der Waals surface area contributed by atoms with Crippen LogP contribution in [-0.4, -0.2) is 80.6 Å². The molecule has 0 aliphatic rings. The van der Waals surface area contributed by atoms with Gasteiger partial charge in [-0.3, -0.25) is 23.0 Å². The molecule has 4 N–H and O–H groups in total. The molecule has 8 aromatic carbocycles. The molecule has 0 atom stereocenters. The maximum absolute atomic E-state index is 13.7. The molecule has 3 heterocycles. The van der Waals surface area contributed by atoms with E-state index in [-0.39, 0.29) is 28.2 Å². The molecule has 0 aliphatic carbocycles. The van der Waals surface area contributed by atoms with E-state index in [1.54, 1.807) is 78.9 Å². The molecule has 3 aromatic heterocycles. The number of nitrogens with zero attached hydrogens (tertiary/aromatic N) is 5. The third kappa shape index (κ3) is 13.1. The highest BCUT2D eigenvalue weighted by atomic mass is 32.2. The summed E-state index contributed by atoms with van der Waals surface area (Å²) < 4.78 is 92.8. The fraction of sp³-hybridized carbons (Fsp3) is 0.0938. The molecule has 0 fully saturated rings. The second-order valence-corrected chi connectivity index (χ2v) is 25.0. The van der Waals surface area contributed by atoms with Crippen LogP contribution in [0.3, 0.4) is 0 Å². The Hall–Kier alpha value is -10.2. The van der Waals surface area contributed by atoms with Crippen molar-refractivity contribution in [1.29, 1.82) is 0 Å². The molecular formula is C64H50F2N8O9S4. The van der Waals surface area contributed by atoms with E-state index in [2.05, 4.69) is 33.0 Å². The molecule has 17 nitrogen and oxygen atoms in total. The van der Waals surface area contributed by atoms with Gasteiger partial charge in [0.1, 0.15) is 45.6 Å². The molecule has 2 amide bonds. The zero-order valence-corrected chi connectivity index (χ0v) is 50.3. The lowest BCUT2D eigenvalue weighted by molar-refractivity contribution is 0.0956. The van der Waals surface area contributed by atoms with E-state index < -0.39 is 43.5 Å². The molecular weight excluding hydrogens is 1190 g/mol. The van der Waals surface area contributed by atoms with Crippen LogP contribution in [0.5, 0.6) is 0 Å². The van der Waals surface area contributed by atoms with Crippen LogP contribution in [0.25, 0.3) is 97.3 Å². The van der Waals surface area contributed by atoms with E-state index in [0.717, 1.165) is 41.9 Å². The molecule has 87 heavy (non-hydrogen) atoms. The zero-order chi connectivity index (χ0) is 62.6. The summed E-state index contributed by atoms with van der Waals surface area (Å²) >= 11 is 5.51. The summed E-state index contributed by atoms with van der Waals surface area (Å²) in [7, 11) is -1.49. The third-order valence-corrected chi connectivity index (χ3v) is 17.6. The number of benzene rings is 8. The second kappa shape index (κ2) is 25.2. The van der Waals surface area contributed by atoms with Gasteiger partial charge in [-0.2, -0.15) is 0 Å². The van der Waals surface area contributed by atoms with Crippen molar-refractivity contribution >= 4 is 123 Å². The standard InChI is InChI=1S/C32H23FN4O4S2.C25H21FN2O5S.C7H6N2S/c1-34-22-12-13-25-28(15-22)42-32(36-25)20-7-5-6-19(14-20)23-16-24-27(17-26(23)37(3)43(4,39)40)41-30(29(24)31(38)35-2)18-8-10-21(33)11-9-18;1-27-25(30)23-20-12-19(17-6-4-5-15(11-17)14-29)21(28(2)34(3,31)32)13-22(20)33-24(23)16-7-9-18(26)10-8-16;1-9-5-2-3-6(8)7(10)4-5/h5-17H,2-4H3,(H,35,38);4-14H,1-3H3,(H,27,30);2-4,10H,8H2. The number of aldehydes is 1. The van der Waals surface area contributed by atoms with Gasteiger partial charge in [-0.1, -0.05) is 48.5 Å². The summed E-state index contributed by atoms with van der Waals surface area (Å²) in [6.07, 6.45) is 2.88. The van der Waals surface area contributed by atoms with Gasteiger partial charge in [0.2, 0.25) is 20.0 Å². The van der Waals surface area contributed by atoms with Gasteiger partial charge in [-0.25, -0.2) is 40.3 Å². The Balaban J connectivity index is 0.000000182. The van der Waals surface area contributed by atoms with E-state index in [0.29, 0.717) is 94.9 Å². The SMILES string of the molecule is CNC(=O)c1c(-c2ccc(F)cc2)oc2cc(N(C)S(C)(=O)=O)c(-c3cccc(C=O)c3)cc12.[C-]#[N+]c1ccc(N)c(S)c1.[C-]#[N+]c1ccc2nc(-c3cccc(-c4cc5c(C(=O)NC)c(-c6ccc(F)cc6)oc5cc4N(C)S(C)(=O)=O)c3)sc2c1. The number of nitrogens with one attached hydrogen (secondary N) is 2. The van der Waals surface area contributed by atoms with Crippen molar-refractivity contribution in [2.24, 2.45) is 0 Å². The molecule has 23 heteroatoms. The first-order valence-corrected chi connectivity index (χ1v) is 30.9. The minimum atomic E-state index is -3.69. The maximum Gasteiger partial charge on any atom is 0.255 e. The van der Waals surface area contributed by atoms with Gasteiger partial charge in [-0.15, -0.1) is 24.0 Å². The summed E-state index contributed by atoms with van der Waals surface area (Å²) in [6, 6.07) is 42.2. The number of thiazole rings is 1.